The van der Waals surface area contributed by atoms with Gasteiger partial charge in [-0.3, -0.25) is 4.90 Å². The van der Waals surface area contributed by atoms with Crippen LogP contribution in [0, 0.1) is 0 Å². The fraction of sp³-hybridized carbons (Fsp3) is 0.933. The van der Waals surface area contributed by atoms with E-state index < -0.39 is 0 Å². The zero-order valence-corrected chi connectivity index (χ0v) is 12.9. The molecule has 2 unspecified atom stereocenters. The molecule has 2 aliphatic rings. The molecule has 2 fully saturated rings. The molecule has 116 valence electrons. The van der Waals surface area contributed by atoms with Gasteiger partial charge in [0.15, 0.2) is 0 Å². The maximum Gasteiger partial charge on any atom is 0.317 e. The normalized spacial score (nSPS) is 28.4. The first-order valence-electron chi connectivity index (χ1n) is 8.04. The van der Waals surface area contributed by atoms with Crippen molar-refractivity contribution >= 4 is 6.03 Å². The van der Waals surface area contributed by atoms with E-state index in [0.717, 1.165) is 58.7 Å². The Bertz CT molecular complexity index is 295. The van der Waals surface area contributed by atoms with Gasteiger partial charge in [0.05, 0.1) is 13.2 Å². The molecule has 0 saturated carbocycles. The van der Waals surface area contributed by atoms with Crippen molar-refractivity contribution < 1.29 is 9.53 Å². The number of hydrogen-bond acceptors (Lipinski definition) is 3. The van der Waals surface area contributed by atoms with Gasteiger partial charge in [-0.2, -0.15) is 0 Å². The lowest BCUT2D eigenvalue weighted by Crippen LogP contribution is -2.52. The van der Waals surface area contributed by atoms with Gasteiger partial charge in [0, 0.05) is 31.7 Å². The van der Waals surface area contributed by atoms with Crippen LogP contribution >= 0.6 is 0 Å². The highest BCUT2D eigenvalue weighted by molar-refractivity contribution is 5.74. The molecule has 2 rings (SSSR count). The summed E-state index contributed by atoms with van der Waals surface area (Å²) in [6.45, 7) is 9.86. The molecule has 5 nitrogen and oxygen atoms in total. The lowest BCUT2D eigenvalue weighted by Gasteiger charge is -2.39. The molecule has 2 amide bonds. The van der Waals surface area contributed by atoms with Crippen molar-refractivity contribution in [3.05, 3.63) is 0 Å². The first-order valence-corrected chi connectivity index (χ1v) is 8.04. The molecule has 0 aromatic heterocycles. The second-order valence-electron chi connectivity index (χ2n) is 6.08. The van der Waals surface area contributed by atoms with Gasteiger partial charge in [-0.25, -0.2) is 4.79 Å². The summed E-state index contributed by atoms with van der Waals surface area (Å²) in [5.74, 6) is 0. The fourth-order valence-corrected chi connectivity index (χ4v) is 3.24. The van der Waals surface area contributed by atoms with E-state index in [4.69, 9.17) is 4.74 Å². The van der Waals surface area contributed by atoms with E-state index in [1.54, 1.807) is 0 Å². The van der Waals surface area contributed by atoms with E-state index in [-0.39, 0.29) is 6.03 Å². The first-order chi connectivity index (χ1) is 9.68. The van der Waals surface area contributed by atoms with Crippen LogP contribution in [-0.4, -0.2) is 67.3 Å². The molecular weight excluding hydrogens is 254 g/mol. The average molecular weight is 283 g/mol. The van der Waals surface area contributed by atoms with E-state index in [2.05, 4.69) is 24.1 Å². The number of urea groups is 1. The van der Waals surface area contributed by atoms with Gasteiger partial charge in [-0.05, 0) is 46.1 Å². The van der Waals surface area contributed by atoms with Crippen molar-refractivity contribution in [2.45, 2.75) is 51.6 Å². The molecule has 2 heterocycles. The number of morpholine rings is 1. The molecule has 0 aromatic rings. The van der Waals surface area contributed by atoms with E-state index in [9.17, 15) is 4.79 Å². The van der Waals surface area contributed by atoms with Gasteiger partial charge < -0.3 is 15.0 Å². The highest BCUT2D eigenvalue weighted by atomic mass is 16.5. The number of nitrogens with zero attached hydrogens (tertiary/aromatic N) is 2. The first kappa shape index (κ1) is 15.6. The molecule has 0 radical (unpaired) electrons. The van der Waals surface area contributed by atoms with E-state index in [1.165, 1.54) is 6.42 Å². The molecule has 0 spiro atoms. The lowest BCUT2D eigenvalue weighted by molar-refractivity contribution is 0.0374. The van der Waals surface area contributed by atoms with Gasteiger partial charge in [0.25, 0.3) is 0 Å². The standard InChI is InChI=1S/C15H29N3O2/c1-13-5-3-6-14(2)18(13)15(19)16-7-4-8-17-9-11-20-12-10-17/h13-14H,3-12H2,1-2H3,(H,16,19). The van der Waals surface area contributed by atoms with Crippen molar-refractivity contribution in [2.75, 3.05) is 39.4 Å². The number of hydrogen-bond donors (Lipinski definition) is 1. The van der Waals surface area contributed by atoms with E-state index in [0.29, 0.717) is 12.1 Å². The number of ether oxygens (including phenoxy) is 1. The summed E-state index contributed by atoms with van der Waals surface area (Å²) < 4.78 is 5.33. The molecule has 5 heteroatoms. The van der Waals surface area contributed by atoms with Crippen LogP contribution in [-0.2, 0) is 4.74 Å². The van der Waals surface area contributed by atoms with Gasteiger partial charge >= 0.3 is 6.03 Å². The monoisotopic (exact) mass is 283 g/mol. The average Bonchev–Trinajstić information content (AvgIpc) is 2.44. The summed E-state index contributed by atoms with van der Waals surface area (Å²) in [4.78, 5) is 16.7. The van der Waals surface area contributed by atoms with Crippen molar-refractivity contribution in [1.82, 2.24) is 15.1 Å². The van der Waals surface area contributed by atoms with Crippen LogP contribution < -0.4 is 5.32 Å². The second kappa shape index (κ2) is 7.84. The summed E-state index contributed by atoms with van der Waals surface area (Å²) in [7, 11) is 0. The van der Waals surface area contributed by atoms with E-state index >= 15 is 0 Å². The minimum absolute atomic E-state index is 0.117. The topological polar surface area (TPSA) is 44.8 Å². The van der Waals surface area contributed by atoms with E-state index in [1.807, 2.05) is 4.90 Å². The lowest BCUT2D eigenvalue weighted by atomic mass is 9.98. The molecule has 0 aliphatic carbocycles. The maximum atomic E-state index is 12.3. The van der Waals surface area contributed by atoms with Crippen molar-refractivity contribution in [2.24, 2.45) is 0 Å². The smallest absolute Gasteiger partial charge is 0.317 e. The van der Waals surface area contributed by atoms with Crippen LogP contribution in [0.3, 0.4) is 0 Å². The fourth-order valence-electron chi connectivity index (χ4n) is 3.24. The van der Waals surface area contributed by atoms with Gasteiger partial charge in [-0.15, -0.1) is 0 Å². The quantitative estimate of drug-likeness (QED) is 0.799. The molecule has 20 heavy (non-hydrogen) atoms. The van der Waals surface area contributed by atoms with Crippen LogP contribution in [0.1, 0.15) is 39.5 Å². The zero-order chi connectivity index (χ0) is 14.4. The summed E-state index contributed by atoms with van der Waals surface area (Å²) in [6.07, 6.45) is 4.52. The Morgan fingerprint density at radius 2 is 1.85 bits per heavy atom. The van der Waals surface area contributed by atoms with Crippen molar-refractivity contribution in [3.63, 3.8) is 0 Å². The van der Waals surface area contributed by atoms with Crippen LogP contribution in [0.4, 0.5) is 4.79 Å². The van der Waals surface area contributed by atoms with Gasteiger partial charge in [0.2, 0.25) is 0 Å². The number of amides is 2. The Labute approximate surface area is 122 Å². The predicted octanol–water partition coefficient (Wildman–Crippen LogP) is 1.68. The van der Waals surface area contributed by atoms with Crippen molar-refractivity contribution in [1.29, 1.82) is 0 Å². The number of carbonyl (C=O) groups is 1. The zero-order valence-electron chi connectivity index (χ0n) is 12.9. The number of likely N-dealkylation sites (tertiary alicyclic amines) is 1. The molecule has 2 atom stereocenters. The number of carbonyl (C=O) groups excluding carboxylic acids is 1. The van der Waals surface area contributed by atoms with Gasteiger partial charge in [-0.1, -0.05) is 0 Å². The van der Waals surface area contributed by atoms with Crippen LogP contribution in [0.2, 0.25) is 0 Å². The van der Waals surface area contributed by atoms with Crippen molar-refractivity contribution in [3.8, 4) is 0 Å². The molecule has 2 aliphatic heterocycles. The van der Waals surface area contributed by atoms with Crippen LogP contribution in [0.5, 0.6) is 0 Å². The SMILES string of the molecule is CC1CCCC(C)N1C(=O)NCCCN1CCOCC1. The molecular formula is C15H29N3O2. The molecule has 0 bridgehead atoms. The Hall–Kier alpha value is -0.810. The third-order valence-corrected chi connectivity index (χ3v) is 4.46. The minimum atomic E-state index is 0.117. The summed E-state index contributed by atoms with van der Waals surface area (Å²) in [5.41, 5.74) is 0. The largest absolute Gasteiger partial charge is 0.379 e. The Balaban J connectivity index is 1.64. The Kier molecular flexibility index (Phi) is 6.10. The number of nitrogens with one attached hydrogen (secondary N) is 1. The summed E-state index contributed by atoms with van der Waals surface area (Å²) >= 11 is 0. The highest BCUT2D eigenvalue weighted by Gasteiger charge is 2.28. The molecule has 2 saturated heterocycles. The van der Waals surface area contributed by atoms with Crippen LogP contribution in [0.15, 0.2) is 0 Å². The third-order valence-electron chi connectivity index (χ3n) is 4.46. The predicted molar refractivity (Wildman–Crippen MR) is 79.9 cm³/mol. The summed E-state index contributed by atoms with van der Waals surface area (Å²) in [6, 6.07) is 0.864. The molecule has 1 N–H and O–H groups in total. The summed E-state index contributed by atoms with van der Waals surface area (Å²) in [5, 5.41) is 3.08. The number of piperidine rings is 1. The molecule has 0 aromatic carbocycles. The number of rotatable bonds is 4. The minimum Gasteiger partial charge on any atom is -0.379 e. The Morgan fingerprint density at radius 3 is 2.50 bits per heavy atom. The van der Waals surface area contributed by atoms with Gasteiger partial charge in [0.1, 0.15) is 0 Å². The maximum absolute atomic E-state index is 12.3. The van der Waals surface area contributed by atoms with Crippen LogP contribution in [0.25, 0.3) is 0 Å². The highest BCUT2D eigenvalue weighted by Crippen LogP contribution is 2.22. The second-order valence-corrected chi connectivity index (χ2v) is 6.08. The Morgan fingerprint density at radius 1 is 1.20 bits per heavy atom. The third kappa shape index (κ3) is 4.35.